The Morgan fingerprint density at radius 2 is 2.06 bits per heavy atom. The monoisotopic (exact) mass is 247 g/mol. The van der Waals surface area contributed by atoms with Crippen molar-refractivity contribution in [3.8, 4) is 0 Å². The van der Waals surface area contributed by atoms with E-state index in [-0.39, 0.29) is 5.95 Å². The van der Waals surface area contributed by atoms with Gasteiger partial charge in [0.2, 0.25) is 5.95 Å². The summed E-state index contributed by atoms with van der Waals surface area (Å²) in [5.41, 5.74) is 1.02. The number of aromatic nitrogens is 2. The number of rotatable bonds is 3. The van der Waals surface area contributed by atoms with Crippen LogP contribution in [0.3, 0.4) is 0 Å². The summed E-state index contributed by atoms with van der Waals surface area (Å²) in [6, 6.07) is 6.65. The maximum absolute atomic E-state index is 12.6. The van der Waals surface area contributed by atoms with Gasteiger partial charge in [0.05, 0.1) is 25.1 Å². The number of hydrogen-bond acceptors (Lipinski definition) is 5. The second-order valence-corrected chi connectivity index (χ2v) is 3.42. The molecule has 0 aliphatic heterocycles. The molecule has 0 bridgehead atoms. The molecule has 1 aromatic heterocycles. The Bertz CT molecular complexity index is 558. The molecule has 0 saturated carbocycles. The van der Waals surface area contributed by atoms with Gasteiger partial charge in [-0.15, -0.1) is 0 Å². The van der Waals surface area contributed by atoms with Crippen LogP contribution < -0.4 is 5.32 Å². The molecule has 92 valence electrons. The first-order valence-electron chi connectivity index (χ1n) is 5.12. The van der Waals surface area contributed by atoms with E-state index in [1.807, 2.05) is 0 Å². The Kier molecular flexibility index (Phi) is 3.47. The second-order valence-electron chi connectivity index (χ2n) is 3.42. The number of nitrogens with one attached hydrogen (secondary N) is 1. The van der Waals surface area contributed by atoms with Crippen LogP contribution in [0.5, 0.6) is 0 Å². The van der Waals surface area contributed by atoms with Gasteiger partial charge in [-0.1, -0.05) is 6.07 Å². The Morgan fingerprint density at radius 3 is 2.72 bits per heavy atom. The fraction of sp³-hybridized carbons (Fsp3) is 0.0833. The number of carbonyl (C=O) groups is 1. The highest BCUT2D eigenvalue weighted by molar-refractivity contribution is 5.90. The second kappa shape index (κ2) is 5.22. The van der Waals surface area contributed by atoms with Crippen LogP contribution in [0.1, 0.15) is 10.4 Å². The molecule has 0 radical (unpaired) electrons. The first kappa shape index (κ1) is 12.0. The van der Waals surface area contributed by atoms with Crippen LogP contribution in [0.25, 0.3) is 0 Å². The summed E-state index contributed by atoms with van der Waals surface area (Å²) in [6.07, 6.45) is 2.11. The molecule has 0 fully saturated rings. The molecule has 1 aromatic carbocycles. The topological polar surface area (TPSA) is 64.1 Å². The van der Waals surface area contributed by atoms with E-state index in [9.17, 15) is 9.18 Å². The summed E-state index contributed by atoms with van der Waals surface area (Å²) in [5.74, 6) is -0.694. The number of benzene rings is 1. The molecule has 0 saturated heterocycles. The zero-order chi connectivity index (χ0) is 13.0. The number of anilines is 2. The average Bonchev–Trinajstić information content (AvgIpc) is 2.41. The zero-order valence-electron chi connectivity index (χ0n) is 9.55. The molecule has 2 rings (SSSR count). The van der Waals surface area contributed by atoms with Crippen molar-refractivity contribution in [1.29, 1.82) is 0 Å². The van der Waals surface area contributed by atoms with Crippen molar-refractivity contribution >= 4 is 17.6 Å². The standard InChI is InChI=1S/C12H10FN3O2/c1-18-11(17)8-3-2-4-10(5-8)16-12-14-6-9(13)7-15-12/h2-7H,1H3,(H,14,15,16). The summed E-state index contributed by atoms with van der Waals surface area (Å²) in [7, 11) is 1.31. The largest absolute Gasteiger partial charge is 0.465 e. The quantitative estimate of drug-likeness (QED) is 0.842. The van der Waals surface area contributed by atoms with Crippen LogP contribution in [-0.4, -0.2) is 23.0 Å². The summed E-state index contributed by atoms with van der Waals surface area (Å²) in [4.78, 5) is 18.8. The first-order chi connectivity index (χ1) is 8.69. The minimum atomic E-state index is -0.510. The van der Waals surface area contributed by atoms with Gasteiger partial charge in [0.25, 0.3) is 0 Å². The Hall–Kier alpha value is -2.50. The zero-order valence-corrected chi connectivity index (χ0v) is 9.55. The number of carbonyl (C=O) groups excluding carboxylic acids is 1. The number of esters is 1. The lowest BCUT2D eigenvalue weighted by atomic mass is 10.2. The van der Waals surface area contributed by atoms with Gasteiger partial charge in [0, 0.05) is 5.69 Å². The van der Waals surface area contributed by atoms with Crippen LogP contribution in [0, 0.1) is 5.82 Å². The number of ether oxygens (including phenoxy) is 1. The number of halogens is 1. The predicted molar refractivity (Wildman–Crippen MR) is 63.1 cm³/mol. The lowest BCUT2D eigenvalue weighted by molar-refractivity contribution is 0.0601. The van der Waals surface area contributed by atoms with Gasteiger partial charge in [-0.3, -0.25) is 0 Å². The van der Waals surface area contributed by atoms with E-state index in [0.29, 0.717) is 11.3 Å². The normalized spacial score (nSPS) is 9.89. The smallest absolute Gasteiger partial charge is 0.337 e. The molecule has 5 nitrogen and oxygen atoms in total. The van der Waals surface area contributed by atoms with Gasteiger partial charge < -0.3 is 10.1 Å². The third kappa shape index (κ3) is 2.79. The van der Waals surface area contributed by atoms with Gasteiger partial charge in [0.1, 0.15) is 0 Å². The fourth-order valence-electron chi connectivity index (χ4n) is 1.35. The molecule has 2 aromatic rings. The highest BCUT2D eigenvalue weighted by atomic mass is 19.1. The molecule has 0 aliphatic rings. The third-order valence-electron chi connectivity index (χ3n) is 2.16. The van der Waals surface area contributed by atoms with Gasteiger partial charge in [-0.2, -0.15) is 0 Å². The van der Waals surface area contributed by atoms with Gasteiger partial charge in [-0.05, 0) is 18.2 Å². The molecule has 0 aliphatic carbocycles. The van der Waals surface area contributed by atoms with Crippen molar-refractivity contribution in [3.63, 3.8) is 0 Å². The lowest BCUT2D eigenvalue weighted by Crippen LogP contribution is -2.02. The van der Waals surface area contributed by atoms with Crippen molar-refractivity contribution in [1.82, 2.24) is 9.97 Å². The van der Waals surface area contributed by atoms with Gasteiger partial charge >= 0.3 is 5.97 Å². The number of hydrogen-bond donors (Lipinski definition) is 1. The van der Waals surface area contributed by atoms with E-state index in [2.05, 4.69) is 20.0 Å². The van der Waals surface area contributed by atoms with Gasteiger partial charge in [0.15, 0.2) is 5.82 Å². The third-order valence-corrected chi connectivity index (χ3v) is 2.16. The predicted octanol–water partition coefficient (Wildman–Crippen LogP) is 2.15. The summed E-state index contributed by atoms with van der Waals surface area (Å²) in [6.45, 7) is 0. The summed E-state index contributed by atoms with van der Waals surface area (Å²) < 4.78 is 17.2. The molecular weight excluding hydrogens is 237 g/mol. The summed E-state index contributed by atoms with van der Waals surface area (Å²) >= 11 is 0. The van der Waals surface area contributed by atoms with Crippen LogP contribution in [0.4, 0.5) is 16.0 Å². The SMILES string of the molecule is COC(=O)c1cccc(Nc2ncc(F)cn2)c1. The molecule has 0 unspecified atom stereocenters. The minimum Gasteiger partial charge on any atom is -0.465 e. The van der Waals surface area contributed by atoms with Crippen LogP contribution in [0.2, 0.25) is 0 Å². The number of methoxy groups -OCH3 is 1. The minimum absolute atomic E-state index is 0.249. The van der Waals surface area contributed by atoms with E-state index in [1.165, 1.54) is 7.11 Å². The molecule has 1 N–H and O–H groups in total. The summed E-state index contributed by atoms with van der Waals surface area (Å²) in [5, 5.41) is 2.85. The number of nitrogens with zero attached hydrogens (tertiary/aromatic N) is 2. The first-order valence-corrected chi connectivity index (χ1v) is 5.12. The average molecular weight is 247 g/mol. The van der Waals surface area contributed by atoms with Crippen molar-refractivity contribution in [3.05, 3.63) is 48.0 Å². The lowest BCUT2D eigenvalue weighted by Gasteiger charge is -2.05. The Morgan fingerprint density at radius 1 is 1.33 bits per heavy atom. The molecule has 6 heteroatoms. The molecule has 0 spiro atoms. The molecule has 18 heavy (non-hydrogen) atoms. The van der Waals surface area contributed by atoms with Crippen molar-refractivity contribution in [2.24, 2.45) is 0 Å². The highest BCUT2D eigenvalue weighted by Crippen LogP contribution is 2.15. The van der Waals surface area contributed by atoms with Gasteiger partial charge in [-0.25, -0.2) is 19.2 Å². The maximum atomic E-state index is 12.6. The Labute approximate surface area is 103 Å². The van der Waals surface area contributed by atoms with Crippen LogP contribution in [-0.2, 0) is 4.74 Å². The van der Waals surface area contributed by atoms with E-state index < -0.39 is 11.8 Å². The van der Waals surface area contributed by atoms with Crippen molar-refractivity contribution in [2.75, 3.05) is 12.4 Å². The van der Waals surface area contributed by atoms with E-state index >= 15 is 0 Å². The van der Waals surface area contributed by atoms with E-state index in [4.69, 9.17) is 0 Å². The molecule has 1 heterocycles. The van der Waals surface area contributed by atoms with E-state index in [1.54, 1.807) is 24.3 Å². The fourth-order valence-corrected chi connectivity index (χ4v) is 1.35. The van der Waals surface area contributed by atoms with Crippen LogP contribution in [0.15, 0.2) is 36.7 Å². The molecule has 0 amide bonds. The van der Waals surface area contributed by atoms with E-state index in [0.717, 1.165) is 12.4 Å². The maximum Gasteiger partial charge on any atom is 0.337 e. The van der Waals surface area contributed by atoms with Crippen LogP contribution >= 0.6 is 0 Å². The van der Waals surface area contributed by atoms with Crippen molar-refractivity contribution < 1.29 is 13.9 Å². The Balaban J connectivity index is 2.19. The highest BCUT2D eigenvalue weighted by Gasteiger charge is 2.06. The van der Waals surface area contributed by atoms with Crippen molar-refractivity contribution in [2.45, 2.75) is 0 Å². The molecular formula is C12H10FN3O2. The molecule has 0 atom stereocenters.